The van der Waals surface area contributed by atoms with Crippen molar-refractivity contribution in [1.82, 2.24) is 10.3 Å². The minimum absolute atomic E-state index is 0.0465. The van der Waals surface area contributed by atoms with E-state index in [2.05, 4.69) is 10.3 Å². The third kappa shape index (κ3) is 4.67. The minimum atomic E-state index is -0.614. The van der Waals surface area contributed by atoms with Crippen LogP contribution in [0.5, 0.6) is 5.75 Å². The van der Waals surface area contributed by atoms with Crippen LogP contribution < -0.4 is 10.2 Å². The summed E-state index contributed by atoms with van der Waals surface area (Å²) >= 11 is 0. The molecule has 7 nitrogen and oxygen atoms in total. The Hall–Kier alpha value is -4.00. The molecule has 0 aliphatic carbocycles. The first-order valence-electron chi connectivity index (χ1n) is 10.4. The van der Waals surface area contributed by atoms with Crippen LogP contribution in [0.3, 0.4) is 0 Å². The number of carbonyl (C=O) groups excluding carboxylic acids is 2. The van der Waals surface area contributed by atoms with Gasteiger partial charge in [-0.25, -0.2) is 0 Å². The fraction of sp³-hybridized carbons (Fsp3) is 0.200. The number of aromatic nitrogens is 1. The van der Waals surface area contributed by atoms with Crippen molar-refractivity contribution in [1.29, 1.82) is 5.41 Å². The smallest absolute Gasteiger partial charge is 0.227 e. The molecule has 1 fully saturated rings. The highest BCUT2D eigenvalue weighted by molar-refractivity contribution is 6.01. The number of aromatic hydroxyl groups is 1. The van der Waals surface area contributed by atoms with Crippen LogP contribution in [-0.4, -0.2) is 34.2 Å². The highest BCUT2D eigenvalue weighted by Crippen LogP contribution is 2.29. The van der Waals surface area contributed by atoms with Crippen molar-refractivity contribution in [3.8, 4) is 5.75 Å². The van der Waals surface area contributed by atoms with E-state index in [1.807, 2.05) is 30.3 Å². The molecule has 1 aromatic heterocycles. The number of nitrogens with zero attached hydrogens (tertiary/aromatic N) is 2. The summed E-state index contributed by atoms with van der Waals surface area (Å²) in [6, 6.07) is 19.0. The molecule has 0 spiro atoms. The summed E-state index contributed by atoms with van der Waals surface area (Å²) in [7, 11) is 0. The SMILES string of the molecule is N=C(CC(NC(=O)C1CC(=O)N(c2ccccc2)C1)c1ccccc1O)c1cccnc1. The zero-order valence-corrected chi connectivity index (χ0v) is 17.4. The van der Waals surface area contributed by atoms with Gasteiger partial charge in [0.25, 0.3) is 0 Å². The highest BCUT2D eigenvalue weighted by atomic mass is 16.3. The van der Waals surface area contributed by atoms with Crippen LogP contribution in [0.2, 0.25) is 0 Å². The molecule has 2 aromatic carbocycles. The maximum Gasteiger partial charge on any atom is 0.227 e. The number of amides is 2. The van der Waals surface area contributed by atoms with Crippen LogP contribution in [0.25, 0.3) is 0 Å². The fourth-order valence-corrected chi connectivity index (χ4v) is 3.91. The molecule has 2 unspecified atom stereocenters. The average Bonchev–Trinajstić information content (AvgIpc) is 3.22. The van der Waals surface area contributed by atoms with Crippen LogP contribution in [0, 0.1) is 11.3 Å². The monoisotopic (exact) mass is 428 g/mol. The topological polar surface area (TPSA) is 106 Å². The molecule has 0 saturated carbocycles. The van der Waals surface area contributed by atoms with Gasteiger partial charge in [0.2, 0.25) is 11.8 Å². The fourth-order valence-electron chi connectivity index (χ4n) is 3.91. The number of phenols is 1. The normalized spacial score (nSPS) is 16.6. The summed E-state index contributed by atoms with van der Waals surface area (Å²) in [6.45, 7) is 0.294. The van der Waals surface area contributed by atoms with E-state index in [1.165, 1.54) is 0 Å². The van der Waals surface area contributed by atoms with Crippen LogP contribution in [-0.2, 0) is 9.59 Å². The molecule has 2 atom stereocenters. The molecule has 1 saturated heterocycles. The Balaban J connectivity index is 1.52. The van der Waals surface area contributed by atoms with Crippen molar-refractivity contribution in [2.75, 3.05) is 11.4 Å². The molecule has 1 aliphatic rings. The first-order chi connectivity index (χ1) is 15.5. The number of phenolic OH excluding ortho intramolecular Hbond substituents is 1. The Labute approximate surface area is 186 Å². The number of carbonyl (C=O) groups is 2. The molecule has 7 heteroatoms. The summed E-state index contributed by atoms with van der Waals surface area (Å²) < 4.78 is 0. The Morgan fingerprint density at radius 1 is 1.12 bits per heavy atom. The third-order valence-electron chi connectivity index (χ3n) is 5.61. The van der Waals surface area contributed by atoms with E-state index >= 15 is 0 Å². The third-order valence-corrected chi connectivity index (χ3v) is 5.61. The van der Waals surface area contributed by atoms with E-state index in [9.17, 15) is 14.7 Å². The molecule has 2 heterocycles. The summed E-state index contributed by atoms with van der Waals surface area (Å²) in [5.41, 5.74) is 2.23. The molecule has 3 N–H and O–H groups in total. The van der Waals surface area contributed by atoms with Crippen molar-refractivity contribution < 1.29 is 14.7 Å². The number of para-hydroxylation sites is 2. The van der Waals surface area contributed by atoms with E-state index < -0.39 is 12.0 Å². The van der Waals surface area contributed by atoms with Gasteiger partial charge in [0.05, 0.1) is 12.0 Å². The van der Waals surface area contributed by atoms with E-state index in [0.717, 1.165) is 5.69 Å². The van der Waals surface area contributed by atoms with E-state index in [1.54, 1.807) is 53.7 Å². The average molecular weight is 428 g/mol. The van der Waals surface area contributed by atoms with Gasteiger partial charge < -0.3 is 20.7 Å². The number of anilines is 1. The molecule has 162 valence electrons. The van der Waals surface area contributed by atoms with Gasteiger partial charge in [-0.1, -0.05) is 42.5 Å². The number of nitrogens with one attached hydrogen (secondary N) is 2. The summed E-state index contributed by atoms with van der Waals surface area (Å²) in [5.74, 6) is -0.837. The number of hydrogen-bond acceptors (Lipinski definition) is 5. The maximum absolute atomic E-state index is 13.1. The van der Waals surface area contributed by atoms with Crippen molar-refractivity contribution in [2.45, 2.75) is 18.9 Å². The van der Waals surface area contributed by atoms with Gasteiger partial charge in [-0.15, -0.1) is 0 Å². The number of hydrogen-bond donors (Lipinski definition) is 3. The second kappa shape index (κ2) is 9.43. The second-order valence-corrected chi connectivity index (χ2v) is 7.79. The molecule has 4 rings (SSSR count). The Bertz CT molecular complexity index is 1120. The predicted octanol–water partition coefficient (Wildman–Crippen LogP) is 3.46. The van der Waals surface area contributed by atoms with Gasteiger partial charge in [-0.3, -0.25) is 14.6 Å². The summed E-state index contributed by atoms with van der Waals surface area (Å²) in [5, 5.41) is 21.8. The number of rotatable bonds is 7. The summed E-state index contributed by atoms with van der Waals surface area (Å²) in [6.07, 6.45) is 3.53. The zero-order valence-electron chi connectivity index (χ0n) is 17.4. The molecule has 0 radical (unpaired) electrons. The zero-order chi connectivity index (χ0) is 22.5. The van der Waals surface area contributed by atoms with E-state index in [4.69, 9.17) is 5.41 Å². The molecule has 1 aliphatic heterocycles. The Kier molecular flexibility index (Phi) is 6.26. The molecule has 0 bridgehead atoms. The Morgan fingerprint density at radius 2 is 1.88 bits per heavy atom. The second-order valence-electron chi connectivity index (χ2n) is 7.79. The van der Waals surface area contributed by atoms with Gasteiger partial charge in [0.15, 0.2) is 0 Å². The minimum Gasteiger partial charge on any atom is -0.508 e. The highest BCUT2D eigenvalue weighted by Gasteiger charge is 2.36. The lowest BCUT2D eigenvalue weighted by Gasteiger charge is -2.23. The van der Waals surface area contributed by atoms with Crippen molar-refractivity contribution >= 4 is 23.2 Å². The molecule has 3 aromatic rings. The van der Waals surface area contributed by atoms with Gasteiger partial charge in [-0.2, -0.15) is 0 Å². The van der Waals surface area contributed by atoms with Crippen LogP contribution in [0.4, 0.5) is 5.69 Å². The molecular formula is C25H24N4O3. The number of benzene rings is 2. The largest absolute Gasteiger partial charge is 0.508 e. The van der Waals surface area contributed by atoms with Gasteiger partial charge in [0.1, 0.15) is 5.75 Å². The van der Waals surface area contributed by atoms with Crippen molar-refractivity contribution in [3.05, 3.63) is 90.3 Å². The van der Waals surface area contributed by atoms with E-state index in [-0.39, 0.29) is 30.4 Å². The maximum atomic E-state index is 13.1. The lowest BCUT2D eigenvalue weighted by Crippen LogP contribution is -2.36. The van der Waals surface area contributed by atoms with Gasteiger partial charge >= 0.3 is 0 Å². The molecule has 32 heavy (non-hydrogen) atoms. The quantitative estimate of drug-likeness (QED) is 0.501. The lowest BCUT2D eigenvalue weighted by molar-refractivity contribution is -0.126. The molecule has 2 amide bonds. The Morgan fingerprint density at radius 3 is 2.59 bits per heavy atom. The van der Waals surface area contributed by atoms with E-state index in [0.29, 0.717) is 23.4 Å². The summed E-state index contributed by atoms with van der Waals surface area (Å²) in [4.78, 5) is 31.3. The van der Waals surface area contributed by atoms with Crippen molar-refractivity contribution in [3.63, 3.8) is 0 Å². The van der Waals surface area contributed by atoms with Crippen LogP contribution >= 0.6 is 0 Å². The van der Waals surface area contributed by atoms with Gasteiger partial charge in [0, 0.05) is 54.3 Å². The predicted molar refractivity (Wildman–Crippen MR) is 122 cm³/mol. The standard InChI is InChI=1S/C25H24N4O3/c26-21(17-7-6-12-27-15-17)14-22(20-10-4-5-11-23(20)30)28-25(32)18-13-24(31)29(16-18)19-8-2-1-3-9-19/h1-12,15,18,22,26,30H,13-14,16H2,(H,28,32). The van der Waals surface area contributed by atoms with Gasteiger partial charge in [-0.05, 0) is 24.3 Å². The molecular weight excluding hydrogens is 404 g/mol. The number of pyridine rings is 1. The van der Waals surface area contributed by atoms with Crippen LogP contribution in [0.15, 0.2) is 79.1 Å². The first kappa shape index (κ1) is 21.2. The van der Waals surface area contributed by atoms with Crippen LogP contribution in [0.1, 0.15) is 30.0 Å². The van der Waals surface area contributed by atoms with Crippen molar-refractivity contribution in [2.24, 2.45) is 5.92 Å². The lowest BCUT2D eigenvalue weighted by atomic mass is 9.96. The first-order valence-corrected chi connectivity index (χ1v) is 10.4.